The van der Waals surface area contributed by atoms with Gasteiger partial charge in [-0.25, -0.2) is 13.1 Å². The summed E-state index contributed by atoms with van der Waals surface area (Å²) >= 11 is 12.1. The minimum atomic E-state index is -3.73. The van der Waals surface area contributed by atoms with Crippen molar-refractivity contribution in [1.29, 1.82) is 0 Å². The van der Waals surface area contributed by atoms with Crippen LogP contribution in [-0.4, -0.2) is 21.5 Å². The Morgan fingerprint density at radius 2 is 1.86 bits per heavy atom. The van der Waals surface area contributed by atoms with Gasteiger partial charge in [-0.2, -0.15) is 0 Å². The summed E-state index contributed by atoms with van der Waals surface area (Å²) in [6.45, 7) is 2.61. The van der Waals surface area contributed by atoms with Crippen molar-refractivity contribution < 1.29 is 8.42 Å². The zero-order valence-corrected chi connectivity index (χ0v) is 14.1. The molecule has 0 unspecified atom stereocenters. The van der Waals surface area contributed by atoms with Crippen molar-refractivity contribution in [2.24, 2.45) is 5.73 Å². The number of unbranched alkanes of at least 4 members (excludes halogenated alkanes) is 2. The predicted molar refractivity (Wildman–Crippen MR) is 87.1 cm³/mol. The van der Waals surface area contributed by atoms with E-state index in [2.05, 4.69) is 16.6 Å². The highest BCUT2D eigenvalue weighted by Gasteiger charge is 2.21. The van der Waals surface area contributed by atoms with E-state index < -0.39 is 10.0 Å². The SMILES string of the molecule is CCCCCNS(=O)(=O)c1c(Cl)cc(C#CCN)cc1Cl. The third-order valence-corrected chi connectivity index (χ3v) is 5.06. The number of halogens is 2. The van der Waals surface area contributed by atoms with Gasteiger partial charge in [-0.3, -0.25) is 0 Å². The molecule has 0 saturated carbocycles. The Balaban J connectivity index is 3.02. The van der Waals surface area contributed by atoms with Crippen LogP contribution in [0.1, 0.15) is 31.7 Å². The second-order valence-electron chi connectivity index (χ2n) is 4.38. The summed E-state index contributed by atoms with van der Waals surface area (Å²) in [6.07, 6.45) is 2.74. The van der Waals surface area contributed by atoms with Crippen LogP contribution in [-0.2, 0) is 10.0 Å². The Morgan fingerprint density at radius 1 is 1.24 bits per heavy atom. The van der Waals surface area contributed by atoms with Crippen LogP contribution in [0.2, 0.25) is 10.0 Å². The van der Waals surface area contributed by atoms with Crippen molar-refractivity contribution in [2.75, 3.05) is 13.1 Å². The standard InChI is InChI=1S/C14H18Cl2N2O2S/c1-2-3-4-8-18-21(19,20)14-12(15)9-11(6-5-7-17)10-13(14)16/h9-10,18H,2-4,7-8,17H2,1H3. The maximum atomic E-state index is 12.2. The molecule has 0 radical (unpaired) electrons. The molecule has 3 N–H and O–H groups in total. The maximum Gasteiger partial charge on any atom is 0.243 e. The quantitative estimate of drug-likeness (QED) is 0.613. The Kier molecular flexibility index (Phi) is 7.50. The molecule has 0 aromatic heterocycles. The van der Waals surface area contributed by atoms with Crippen molar-refractivity contribution in [1.82, 2.24) is 4.72 Å². The number of benzene rings is 1. The Bertz CT molecular complexity index is 626. The molecule has 1 aromatic carbocycles. The summed E-state index contributed by atoms with van der Waals surface area (Å²) in [5.41, 5.74) is 5.81. The number of sulfonamides is 1. The van der Waals surface area contributed by atoms with Crippen molar-refractivity contribution >= 4 is 33.2 Å². The molecule has 0 atom stereocenters. The predicted octanol–water partition coefficient (Wildman–Crippen LogP) is 2.77. The maximum absolute atomic E-state index is 12.2. The molecule has 0 spiro atoms. The van der Waals surface area contributed by atoms with Gasteiger partial charge in [0.1, 0.15) is 4.90 Å². The van der Waals surface area contributed by atoms with Gasteiger partial charge in [-0.05, 0) is 18.6 Å². The first kappa shape index (κ1) is 18.3. The molecule has 0 amide bonds. The van der Waals surface area contributed by atoms with Crippen LogP contribution in [0.3, 0.4) is 0 Å². The zero-order valence-electron chi connectivity index (χ0n) is 11.7. The summed E-state index contributed by atoms with van der Waals surface area (Å²) in [5.74, 6) is 5.43. The van der Waals surface area contributed by atoms with Crippen LogP contribution < -0.4 is 10.5 Å². The normalized spacial score (nSPS) is 11.0. The molecular formula is C14H18Cl2N2O2S. The molecule has 0 fully saturated rings. The highest BCUT2D eigenvalue weighted by atomic mass is 35.5. The van der Waals surface area contributed by atoms with E-state index in [9.17, 15) is 8.42 Å². The van der Waals surface area contributed by atoms with Crippen LogP contribution in [0.5, 0.6) is 0 Å². The van der Waals surface area contributed by atoms with Gasteiger partial charge in [0.05, 0.1) is 16.6 Å². The molecule has 0 aliphatic heterocycles. The molecule has 0 saturated heterocycles. The molecule has 0 aliphatic carbocycles. The molecule has 116 valence electrons. The van der Waals surface area contributed by atoms with E-state index in [-0.39, 0.29) is 21.5 Å². The topological polar surface area (TPSA) is 72.2 Å². The third-order valence-electron chi connectivity index (χ3n) is 2.67. The molecule has 0 bridgehead atoms. The fourth-order valence-corrected chi connectivity index (χ4v) is 3.98. The minimum Gasteiger partial charge on any atom is -0.320 e. The van der Waals surface area contributed by atoms with E-state index in [1.165, 1.54) is 12.1 Å². The molecule has 7 heteroatoms. The van der Waals surface area contributed by atoms with Gasteiger partial charge in [0.15, 0.2) is 0 Å². The summed E-state index contributed by atoms with van der Waals surface area (Å²) < 4.78 is 27.0. The third kappa shape index (κ3) is 5.50. The molecule has 1 rings (SSSR count). The number of nitrogens with one attached hydrogen (secondary N) is 1. The van der Waals surface area contributed by atoms with Gasteiger partial charge in [-0.1, -0.05) is 54.8 Å². The van der Waals surface area contributed by atoms with Crippen molar-refractivity contribution in [2.45, 2.75) is 31.1 Å². The first-order valence-corrected chi connectivity index (χ1v) is 8.84. The zero-order chi connectivity index (χ0) is 15.9. The Hall–Kier alpha value is -0.770. The minimum absolute atomic E-state index is 0.0480. The second-order valence-corrected chi connectivity index (χ2v) is 6.90. The summed E-state index contributed by atoms with van der Waals surface area (Å²) in [5, 5.41) is 0.0959. The van der Waals surface area contributed by atoms with Crippen molar-refractivity contribution in [3.8, 4) is 11.8 Å². The molecule has 0 aliphatic rings. The van der Waals surface area contributed by atoms with E-state index in [0.29, 0.717) is 12.1 Å². The van der Waals surface area contributed by atoms with Crippen LogP contribution in [0.4, 0.5) is 0 Å². The summed E-state index contributed by atoms with van der Waals surface area (Å²) in [7, 11) is -3.73. The van der Waals surface area contributed by atoms with E-state index in [0.717, 1.165) is 19.3 Å². The number of rotatable bonds is 6. The molecular weight excluding hydrogens is 331 g/mol. The highest BCUT2D eigenvalue weighted by molar-refractivity contribution is 7.89. The van der Waals surface area contributed by atoms with Crippen LogP contribution >= 0.6 is 23.2 Å². The van der Waals surface area contributed by atoms with Gasteiger partial charge in [0, 0.05) is 12.1 Å². The average molecular weight is 349 g/mol. The van der Waals surface area contributed by atoms with Crippen LogP contribution in [0.15, 0.2) is 17.0 Å². The highest BCUT2D eigenvalue weighted by Crippen LogP contribution is 2.30. The summed E-state index contributed by atoms with van der Waals surface area (Å²) in [6, 6.07) is 2.94. The molecule has 0 heterocycles. The lowest BCUT2D eigenvalue weighted by molar-refractivity contribution is 0.576. The lowest BCUT2D eigenvalue weighted by Gasteiger charge is -2.10. The largest absolute Gasteiger partial charge is 0.320 e. The smallest absolute Gasteiger partial charge is 0.243 e. The van der Waals surface area contributed by atoms with Crippen molar-refractivity contribution in [3.63, 3.8) is 0 Å². The molecule has 1 aromatic rings. The van der Waals surface area contributed by atoms with Gasteiger partial charge in [-0.15, -0.1) is 0 Å². The molecule has 21 heavy (non-hydrogen) atoms. The average Bonchev–Trinajstić information content (AvgIpc) is 2.40. The van der Waals surface area contributed by atoms with Crippen LogP contribution in [0.25, 0.3) is 0 Å². The lowest BCUT2D eigenvalue weighted by Crippen LogP contribution is -2.25. The van der Waals surface area contributed by atoms with Crippen molar-refractivity contribution in [3.05, 3.63) is 27.7 Å². The fraction of sp³-hybridized carbons (Fsp3) is 0.429. The number of hydrogen-bond acceptors (Lipinski definition) is 3. The Morgan fingerprint density at radius 3 is 2.38 bits per heavy atom. The van der Waals surface area contributed by atoms with Gasteiger partial charge < -0.3 is 5.73 Å². The molecule has 4 nitrogen and oxygen atoms in total. The summed E-state index contributed by atoms with van der Waals surface area (Å²) in [4.78, 5) is -0.111. The van der Waals surface area contributed by atoms with E-state index in [1.54, 1.807) is 0 Å². The lowest BCUT2D eigenvalue weighted by atomic mass is 10.2. The fourth-order valence-electron chi connectivity index (χ4n) is 1.70. The first-order chi connectivity index (χ1) is 9.92. The first-order valence-electron chi connectivity index (χ1n) is 6.60. The van der Waals surface area contributed by atoms with E-state index >= 15 is 0 Å². The van der Waals surface area contributed by atoms with Crippen LogP contribution in [0, 0.1) is 11.8 Å². The monoisotopic (exact) mass is 348 g/mol. The van der Waals surface area contributed by atoms with E-state index in [4.69, 9.17) is 28.9 Å². The van der Waals surface area contributed by atoms with E-state index in [1.807, 2.05) is 6.92 Å². The number of hydrogen-bond donors (Lipinski definition) is 2. The second kappa shape index (κ2) is 8.62. The van der Waals surface area contributed by atoms with Gasteiger partial charge in [0.25, 0.3) is 0 Å². The van der Waals surface area contributed by atoms with Gasteiger partial charge >= 0.3 is 0 Å². The Labute approximate surface area is 136 Å². The number of nitrogens with two attached hydrogens (primary N) is 1. The van der Waals surface area contributed by atoms with Gasteiger partial charge in [0.2, 0.25) is 10.0 Å².